The zero-order valence-corrected chi connectivity index (χ0v) is 17.2. The lowest BCUT2D eigenvalue weighted by molar-refractivity contribution is 0.0952. The number of hydrogen-bond acceptors (Lipinski definition) is 6. The molecular formula is C15H14BrCl2N5OS. The predicted molar refractivity (Wildman–Crippen MR) is 107 cm³/mol. The minimum absolute atomic E-state index is 0.235. The van der Waals surface area contributed by atoms with Crippen LogP contribution in [0.4, 0.5) is 5.69 Å². The van der Waals surface area contributed by atoms with E-state index >= 15 is 0 Å². The number of anilines is 1. The third kappa shape index (κ3) is 5.57. The summed E-state index contributed by atoms with van der Waals surface area (Å²) in [6.45, 7) is 2.00. The molecule has 0 aliphatic carbocycles. The molecule has 1 amide bonds. The van der Waals surface area contributed by atoms with Crippen molar-refractivity contribution in [1.82, 2.24) is 15.3 Å². The van der Waals surface area contributed by atoms with Gasteiger partial charge in [-0.1, -0.05) is 41.0 Å². The van der Waals surface area contributed by atoms with Crippen molar-refractivity contribution in [1.29, 1.82) is 0 Å². The third-order valence-corrected chi connectivity index (χ3v) is 4.72. The number of rotatable bonds is 6. The highest BCUT2D eigenvalue weighted by Crippen LogP contribution is 2.29. The Kier molecular flexibility index (Phi) is 7.49. The number of aromatic nitrogens is 2. The number of carbonyl (C=O) groups is 1. The molecule has 0 aliphatic heterocycles. The first-order valence-electron chi connectivity index (χ1n) is 7.00. The maximum absolute atomic E-state index is 12.3. The quantitative estimate of drug-likeness (QED) is 0.286. The van der Waals surface area contributed by atoms with Gasteiger partial charge in [0.25, 0.3) is 5.91 Å². The van der Waals surface area contributed by atoms with Gasteiger partial charge in [-0.05, 0) is 41.2 Å². The molecule has 10 heteroatoms. The van der Waals surface area contributed by atoms with E-state index in [1.165, 1.54) is 11.8 Å². The van der Waals surface area contributed by atoms with E-state index in [0.717, 1.165) is 0 Å². The molecular weight excluding hydrogens is 449 g/mol. The smallest absolute Gasteiger partial charge is 0.271 e. The normalized spacial score (nSPS) is 11.3. The number of benzene rings is 1. The van der Waals surface area contributed by atoms with Crippen LogP contribution in [0.3, 0.4) is 0 Å². The van der Waals surface area contributed by atoms with E-state index in [-0.39, 0.29) is 18.1 Å². The Balaban J connectivity index is 1.99. The number of hydrogen-bond donors (Lipinski definition) is 2. The first-order valence-corrected chi connectivity index (χ1v) is 9.77. The molecule has 6 nitrogen and oxygen atoms in total. The van der Waals surface area contributed by atoms with Gasteiger partial charge < -0.3 is 5.32 Å². The largest absolute Gasteiger partial charge is 0.345 e. The number of carbonyl (C=O) groups excluding carboxylic acids is 1. The van der Waals surface area contributed by atoms with Crippen LogP contribution in [0.2, 0.25) is 10.0 Å². The summed E-state index contributed by atoms with van der Waals surface area (Å²) in [4.78, 5) is 20.5. The van der Waals surface area contributed by atoms with Crippen LogP contribution in [-0.4, -0.2) is 34.4 Å². The zero-order valence-electron chi connectivity index (χ0n) is 13.3. The number of halogens is 3. The minimum atomic E-state index is -0.324. The van der Waals surface area contributed by atoms with Crippen molar-refractivity contribution in [2.45, 2.75) is 12.1 Å². The monoisotopic (exact) mass is 461 g/mol. The summed E-state index contributed by atoms with van der Waals surface area (Å²) in [7, 11) is 0. The highest BCUT2D eigenvalue weighted by Gasteiger charge is 2.13. The molecule has 1 aromatic carbocycles. The van der Waals surface area contributed by atoms with Crippen LogP contribution in [0.5, 0.6) is 0 Å². The Bertz CT molecular complexity index is 798. The van der Waals surface area contributed by atoms with E-state index in [1.807, 2.05) is 6.26 Å². The van der Waals surface area contributed by atoms with Gasteiger partial charge in [-0.2, -0.15) is 5.10 Å². The standard InChI is InChI=1S/C15H14BrCl2N5OS/c1-8(22-23-13-10(17)4-3-5-11(13)18)6-19-14(24)12-9(16)7-20-15(21-12)25-2/h3-5,7,23H,6H2,1-2H3,(H,19,24)/b22-8+. The molecule has 0 radical (unpaired) electrons. The van der Waals surface area contributed by atoms with E-state index in [9.17, 15) is 4.79 Å². The Morgan fingerprint density at radius 1 is 1.36 bits per heavy atom. The lowest BCUT2D eigenvalue weighted by Crippen LogP contribution is -2.30. The molecule has 0 saturated heterocycles. The fourth-order valence-corrected chi connectivity index (χ4v) is 2.89. The van der Waals surface area contributed by atoms with E-state index in [4.69, 9.17) is 23.2 Å². The molecule has 0 bridgehead atoms. The van der Waals surface area contributed by atoms with Crippen molar-refractivity contribution in [3.05, 3.63) is 44.6 Å². The van der Waals surface area contributed by atoms with E-state index in [2.05, 4.69) is 41.7 Å². The lowest BCUT2D eigenvalue weighted by atomic mass is 10.3. The number of nitrogens with zero attached hydrogens (tertiary/aromatic N) is 3. The van der Waals surface area contributed by atoms with Gasteiger partial charge in [0.2, 0.25) is 0 Å². The molecule has 1 heterocycles. The van der Waals surface area contributed by atoms with Crippen LogP contribution in [-0.2, 0) is 0 Å². The Morgan fingerprint density at radius 2 is 2.04 bits per heavy atom. The van der Waals surface area contributed by atoms with Crippen molar-refractivity contribution in [2.75, 3.05) is 18.2 Å². The molecule has 0 atom stereocenters. The molecule has 0 spiro atoms. The topological polar surface area (TPSA) is 79.3 Å². The van der Waals surface area contributed by atoms with Crippen molar-refractivity contribution in [2.24, 2.45) is 5.10 Å². The minimum Gasteiger partial charge on any atom is -0.345 e. The highest BCUT2D eigenvalue weighted by molar-refractivity contribution is 9.10. The fraction of sp³-hybridized carbons (Fsp3) is 0.200. The van der Waals surface area contributed by atoms with Gasteiger partial charge in [0.05, 0.1) is 32.5 Å². The first kappa shape index (κ1) is 20.0. The molecule has 0 unspecified atom stereocenters. The van der Waals surface area contributed by atoms with Gasteiger partial charge in [-0.3, -0.25) is 10.2 Å². The number of nitrogens with one attached hydrogen (secondary N) is 2. The number of para-hydroxylation sites is 1. The predicted octanol–water partition coefficient (Wildman–Crippen LogP) is 4.49. The molecule has 0 aliphatic rings. The van der Waals surface area contributed by atoms with Gasteiger partial charge >= 0.3 is 0 Å². The summed E-state index contributed by atoms with van der Waals surface area (Å²) >= 11 is 16.8. The average molecular weight is 463 g/mol. The van der Waals surface area contributed by atoms with E-state index in [1.54, 1.807) is 31.3 Å². The Hall–Kier alpha value is -1.35. The van der Waals surface area contributed by atoms with Crippen molar-refractivity contribution in [3.8, 4) is 0 Å². The second-order valence-electron chi connectivity index (χ2n) is 4.79. The molecule has 2 rings (SSSR count). The van der Waals surface area contributed by atoms with Gasteiger partial charge in [0.1, 0.15) is 5.69 Å². The number of hydrazone groups is 1. The second kappa shape index (κ2) is 9.38. The summed E-state index contributed by atoms with van der Waals surface area (Å²) in [5.74, 6) is -0.324. The summed E-state index contributed by atoms with van der Waals surface area (Å²) < 4.78 is 0.526. The SMILES string of the molecule is CSc1ncc(Br)c(C(=O)NC/C(C)=N/Nc2c(Cl)cccc2Cl)n1. The van der Waals surface area contributed by atoms with Crippen LogP contribution >= 0.6 is 50.9 Å². The Morgan fingerprint density at radius 3 is 2.68 bits per heavy atom. The second-order valence-corrected chi connectivity index (χ2v) is 7.23. The van der Waals surface area contributed by atoms with E-state index in [0.29, 0.717) is 31.1 Å². The van der Waals surface area contributed by atoms with Crippen LogP contribution in [0, 0.1) is 0 Å². The Labute approximate surface area is 167 Å². The van der Waals surface area contributed by atoms with Gasteiger partial charge in [-0.25, -0.2) is 9.97 Å². The summed E-state index contributed by atoms with van der Waals surface area (Å²) in [6.07, 6.45) is 3.39. The van der Waals surface area contributed by atoms with Gasteiger partial charge in [-0.15, -0.1) is 0 Å². The molecule has 0 fully saturated rings. The lowest BCUT2D eigenvalue weighted by Gasteiger charge is -2.09. The maximum atomic E-state index is 12.3. The first-order chi connectivity index (χ1) is 11.9. The molecule has 1 aromatic heterocycles. The van der Waals surface area contributed by atoms with Crippen LogP contribution in [0.15, 0.2) is 39.1 Å². The summed E-state index contributed by atoms with van der Waals surface area (Å²) in [5, 5.41) is 8.37. The third-order valence-electron chi connectivity index (χ3n) is 2.95. The maximum Gasteiger partial charge on any atom is 0.271 e. The van der Waals surface area contributed by atoms with Crippen LogP contribution < -0.4 is 10.7 Å². The van der Waals surface area contributed by atoms with Crippen molar-refractivity contribution in [3.63, 3.8) is 0 Å². The van der Waals surface area contributed by atoms with Gasteiger partial charge in [0, 0.05) is 6.20 Å². The zero-order chi connectivity index (χ0) is 18.4. The molecule has 132 valence electrons. The summed E-state index contributed by atoms with van der Waals surface area (Å²) in [6, 6.07) is 5.16. The molecule has 25 heavy (non-hydrogen) atoms. The van der Waals surface area contributed by atoms with Crippen molar-refractivity contribution >= 4 is 68.2 Å². The molecule has 2 aromatic rings. The number of thioether (sulfide) groups is 1. The summed E-state index contributed by atoms with van der Waals surface area (Å²) in [5.41, 5.74) is 4.23. The van der Waals surface area contributed by atoms with E-state index < -0.39 is 0 Å². The average Bonchev–Trinajstić information content (AvgIpc) is 2.59. The molecule has 0 saturated carbocycles. The van der Waals surface area contributed by atoms with Crippen LogP contribution in [0.25, 0.3) is 0 Å². The van der Waals surface area contributed by atoms with Crippen molar-refractivity contribution < 1.29 is 4.79 Å². The number of amides is 1. The molecule has 2 N–H and O–H groups in total. The highest BCUT2D eigenvalue weighted by atomic mass is 79.9. The van der Waals surface area contributed by atoms with Crippen LogP contribution in [0.1, 0.15) is 17.4 Å². The van der Waals surface area contributed by atoms with Gasteiger partial charge in [0.15, 0.2) is 5.16 Å². The fourth-order valence-electron chi connectivity index (χ4n) is 1.70.